The second-order valence-electron chi connectivity index (χ2n) is 3.16. The number of benzene rings is 1. The molecule has 0 heterocycles. The second kappa shape index (κ2) is 5.80. The first-order chi connectivity index (χ1) is 8.08. The molecule has 0 saturated carbocycles. The molecule has 0 fully saturated rings. The average molecular weight is 241 g/mol. The van der Waals surface area contributed by atoms with Crippen molar-refractivity contribution < 1.29 is 19.1 Å². The molecule has 0 unspecified atom stereocenters. The Morgan fingerprint density at radius 2 is 2.35 bits per heavy atom. The number of hydrogen-bond donors (Lipinski definition) is 3. The summed E-state index contributed by atoms with van der Waals surface area (Å²) in [6.45, 7) is -0.146. The number of carbonyl (C=O) groups excluding carboxylic acids is 1. The normalized spacial score (nSPS) is 11.3. The van der Waals surface area contributed by atoms with E-state index in [2.05, 4.69) is 15.2 Å². The van der Waals surface area contributed by atoms with Crippen LogP contribution in [0.1, 0.15) is 5.56 Å². The first kappa shape index (κ1) is 12.9. The standard InChI is InChI=1S/C10H12FN3O3/c1-17-5-9(15)13-8-3-2-6(11)4-7(8)10(12)14-16/h2-4,16H,5H2,1H3,(H2,12,14)(H,13,15). The molecule has 17 heavy (non-hydrogen) atoms. The fourth-order valence-corrected chi connectivity index (χ4v) is 1.21. The summed E-state index contributed by atoms with van der Waals surface area (Å²) < 4.78 is 17.6. The molecule has 6 nitrogen and oxygen atoms in total. The van der Waals surface area contributed by atoms with Crippen LogP contribution < -0.4 is 11.1 Å². The monoisotopic (exact) mass is 241 g/mol. The van der Waals surface area contributed by atoms with Gasteiger partial charge in [0.15, 0.2) is 5.84 Å². The van der Waals surface area contributed by atoms with Gasteiger partial charge in [0.25, 0.3) is 0 Å². The van der Waals surface area contributed by atoms with Gasteiger partial charge in [0.2, 0.25) is 5.91 Å². The maximum Gasteiger partial charge on any atom is 0.250 e. The Labute approximate surface area is 96.9 Å². The lowest BCUT2D eigenvalue weighted by Gasteiger charge is -2.09. The zero-order valence-electron chi connectivity index (χ0n) is 9.11. The number of halogens is 1. The highest BCUT2D eigenvalue weighted by Gasteiger charge is 2.11. The first-order valence-electron chi connectivity index (χ1n) is 4.64. The Balaban J connectivity index is 3.02. The molecule has 0 saturated heterocycles. The molecule has 0 bridgehead atoms. The molecule has 4 N–H and O–H groups in total. The molecule has 0 aliphatic heterocycles. The van der Waals surface area contributed by atoms with Crippen LogP contribution in [0.5, 0.6) is 0 Å². The lowest BCUT2D eigenvalue weighted by molar-refractivity contribution is -0.119. The largest absolute Gasteiger partial charge is 0.409 e. The number of oxime groups is 1. The summed E-state index contributed by atoms with van der Waals surface area (Å²) in [6.07, 6.45) is 0. The lowest BCUT2D eigenvalue weighted by atomic mass is 10.1. The van der Waals surface area contributed by atoms with Crippen molar-refractivity contribution >= 4 is 17.4 Å². The van der Waals surface area contributed by atoms with Crippen LogP contribution in [-0.4, -0.2) is 30.7 Å². The summed E-state index contributed by atoms with van der Waals surface area (Å²) in [5.74, 6) is -1.28. The van der Waals surface area contributed by atoms with Crippen molar-refractivity contribution in [1.82, 2.24) is 0 Å². The molecule has 1 amide bonds. The number of hydrogen-bond acceptors (Lipinski definition) is 4. The average Bonchev–Trinajstić information content (AvgIpc) is 2.30. The third-order valence-corrected chi connectivity index (χ3v) is 1.91. The van der Waals surface area contributed by atoms with Gasteiger partial charge in [-0.1, -0.05) is 5.16 Å². The number of amides is 1. The number of nitrogens with one attached hydrogen (secondary N) is 1. The number of nitrogens with zero attached hydrogens (tertiary/aromatic N) is 1. The van der Waals surface area contributed by atoms with E-state index >= 15 is 0 Å². The maximum absolute atomic E-state index is 13.0. The number of carbonyl (C=O) groups is 1. The van der Waals surface area contributed by atoms with Gasteiger partial charge in [0.05, 0.1) is 5.69 Å². The van der Waals surface area contributed by atoms with E-state index in [1.165, 1.54) is 13.2 Å². The second-order valence-corrected chi connectivity index (χ2v) is 3.16. The highest BCUT2D eigenvalue weighted by Crippen LogP contribution is 2.16. The van der Waals surface area contributed by atoms with Crippen LogP contribution in [0.15, 0.2) is 23.4 Å². The van der Waals surface area contributed by atoms with Crippen molar-refractivity contribution in [3.05, 3.63) is 29.6 Å². The minimum absolute atomic E-state index is 0.0944. The van der Waals surface area contributed by atoms with Crippen LogP contribution in [0.3, 0.4) is 0 Å². The van der Waals surface area contributed by atoms with Crippen LogP contribution in [0.2, 0.25) is 0 Å². The van der Waals surface area contributed by atoms with Gasteiger partial charge in [-0.3, -0.25) is 4.79 Å². The predicted molar refractivity (Wildman–Crippen MR) is 59.4 cm³/mol. The number of amidine groups is 1. The van der Waals surface area contributed by atoms with Gasteiger partial charge in [0, 0.05) is 12.7 Å². The fourth-order valence-electron chi connectivity index (χ4n) is 1.21. The number of methoxy groups -OCH3 is 1. The molecule has 0 aliphatic rings. The Bertz CT molecular complexity index is 448. The molecular formula is C10H12FN3O3. The van der Waals surface area contributed by atoms with Crippen molar-refractivity contribution in [3.63, 3.8) is 0 Å². The molecule has 1 rings (SSSR count). The van der Waals surface area contributed by atoms with E-state index in [1.54, 1.807) is 0 Å². The number of anilines is 1. The van der Waals surface area contributed by atoms with E-state index in [0.29, 0.717) is 0 Å². The minimum Gasteiger partial charge on any atom is -0.409 e. The summed E-state index contributed by atoms with van der Waals surface area (Å²) in [6, 6.07) is 3.52. The van der Waals surface area contributed by atoms with E-state index in [9.17, 15) is 9.18 Å². The van der Waals surface area contributed by atoms with Gasteiger partial charge < -0.3 is 21.0 Å². The van der Waals surface area contributed by atoms with Crippen LogP contribution in [0.4, 0.5) is 10.1 Å². The molecule has 0 spiro atoms. The molecular weight excluding hydrogens is 229 g/mol. The van der Waals surface area contributed by atoms with Crippen molar-refractivity contribution in [2.24, 2.45) is 10.9 Å². The Hall–Kier alpha value is -2.15. The maximum atomic E-state index is 13.0. The topological polar surface area (TPSA) is 96.9 Å². The SMILES string of the molecule is COCC(=O)Nc1ccc(F)cc1/C(N)=N/O. The molecule has 92 valence electrons. The summed E-state index contributed by atoms with van der Waals surface area (Å²) in [5.41, 5.74) is 5.70. The van der Waals surface area contributed by atoms with Gasteiger partial charge in [-0.05, 0) is 18.2 Å². The van der Waals surface area contributed by atoms with E-state index in [4.69, 9.17) is 10.9 Å². The van der Waals surface area contributed by atoms with Gasteiger partial charge in [-0.15, -0.1) is 0 Å². The van der Waals surface area contributed by atoms with E-state index in [0.717, 1.165) is 12.1 Å². The summed E-state index contributed by atoms with van der Waals surface area (Å²) in [5, 5.41) is 13.8. The molecule has 7 heteroatoms. The highest BCUT2D eigenvalue weighted by atomic mass is 19.1. The van der Waals surface area contributed by atoms with Gasteiger partial charge in [0.1, 0.15) is 12.4 Å². The molecule has 0 aromatic heterocycles. The Morgan fingerprint density at radius 1 is 1.65 bits per heavy atom. The zero-order valence-corrected chi connectivity index (χ0v) is 9.11. The van der Waals surface area contributed by atoms with Crippen molar-refractivity contribution in [2.45, 2.75) is 0 Å². The Kier molecular flexibility index (Phi) is 4.41. The quantitative estimate of drug-likeness (QED) is 0.309. The lowest BCUT2D eigenvalue weighted by Crippen LogP contribution is -2.21. The fraction of sp³-hybridized carbons (Fsp3) is 0.200. The minimum atomic E-state index is -0.559. The summed E-state index contributed by atoms with van der Waals surface area (Å²) >= 11 is 0. The number of rotatable bonds is 4. The zero-order chi connectivity index (χ0) is 12.8. The molecule has 0 radical (unpaired) electrons. The summed E-state index contributed by atoms with van der Waals surface area (Å²) in [7, 11) is 1.37. The summed E-state index contributed by atoms with van der Waals surface area (Å²) in [4.78, 5) is 11.3. The van der Waals surface area contributed by atoms with Crippen molar-refractivity contribution in [2.75, 3.05) is 19.0 Å². The van der Waals surface area contributed by atoms with Crippen molar-refractivity contribution in [3.8, 4) is 0 Å². The van der Waals surface area contributed by atoms with E-state index in [-0.39, 0.29) is 23.7 Å². The smallest absolute Gasteiger partial charge is 0.250 e. The third-order valence-electron chi connectivity index (χ3n) is 1.91. The third kappa shape index (κ3) is 3.42. The van der Waals surface area contributed by atoms with Crippen LogP contribution in [0.25, 0.3) is 0 Å². The first-order valence-corrected chi connectivity index (χ1v) is 4.64. The van der Waals surface area contributed by atoms with Crippen LogP contribution >= 0.6 is 0 Å². The number of ether oxygens (including phenoxy) is 1. The van der Waals surface area contributed by atoms with Crippen molar-refractivity contribution in [1.29, 1.82) is 0 Å². The highest BCUT2D eigenvalue weighted by molar-refractivity contribution is 6.05. The molecule has 1 aromatic carbocycles. The molecule has 1 aromatic rings. The van der Waals surface area contributed by atoms with Gasteiger partial charge in [-0.2, -0.15) is 0 Å². The van der Waals surface area contributed by atoms with Gasteiger partial charge >= 0.3 is 0 Å². The van der Waals surface area contributed by atoms with Crippen LogP contribution in [-0.2, 0) is 9.53 Å². The van der Waals surface area contributed by atoms with Gasteiger partial charge in [-0.25, -0.2) is 4.39 Å². The van der Waals surface area contributed by atoms with E-state index < -0.39 is 11.7 Å². The molecule has 0 atom stereocenters. The number of nitrogens with two attached hydrogens (primary N) is 1. The Morgan fingerprint density at radius 3 is 2.94 bits per heavy atom. The van der Waals surface area contributed by atoms with Crippen LogP contribution in [0, 0.1) is 5.82 Å². The predicted octanol–water partition coefficient (Wildman–Crippen LogP) is 0.505. The molecule has 0 aliphatic carbocycles. The van der Waals surface area contributed by atoms with E-state index in [1.807, 2.05) is 0 Å².